The quantitative estimate of drug-likeness (QED) is 0.761. The number of hydrogen-bond donors (Lipinski definition) is 1. The molecule has 0 bridgehead atoms. The highest BCUT2D eigenvalue weighted by molar-refractivity contribution is 5.77. The third kappa shape index (κ3) is 3.72. The lowest BCUT2D eigenvalue weighted by atomic mass is 10.2. The van der Waals surface area contributed by atoms with Gasteiger partial charge in [-0.05, 0) is 32.0 Å². The van der Waals surface area contributed by atoms with Crippen molar-refractivity contribution in [3.8, 4) is 0 Å². The number of benzene rings is 1. The van der Waals surface area contributed by atoms with Crippen LogP contribution in [0, 0.1) is 0 Å². The number of nitrogens with one attached hydrogen (secondary N) is 1. The van der Waals surface area contributed by atoms with Crippen molar-refractivity contribution in [2.75, 3.05) is 20.3 Å². The van der Waals surface area contributed by atoms with E-state index in [2.05, 4.69) is 19.2 Å². The molecule has 1 N–H and O–H groups in total. The fourth-order valence-electron chi connectivity index (χ4n) is 2.50. The minimum absolute atomic E-state index is 0.00166. The maximum absolute atomic E-state index is 12.7. The topological polar surface area (TPSA) is 56.2 Å². The molecule has 0 aliphatic carbocycles. The zero-order valence-electron chi connectivity index (χ0n) is 13.6. The van der Waals surface area contributed by atoms with E-state index in [1.165, 1.54) is 0 Å². The van der Waals surface area contributed by atoms with Crippen molar-refractivity contribution in [3.63, 3.8) is 0 Å². The largest absolute Gasteiger partial charge is 0.383 e. The summed E-state index contributed by atoms with van der Waals surface area (Å²) in [6.07, 6.45) is 2.25. The smallest absolute Gasteiger partial charge is 0.261 e. The Balaban J connectivity index is 2.42. The zero-order chi connectivity index (χ0) is 15.9. The molecule has 5 nitrogen and oxygen atoms in total. The summed E-state index contributed by atoms with van der Waals surface area (Å²) in [4.78, 5) is 17.4. The molecule has 0 aliphatic rings. The maximum atomic E-state index is 12.7. The molecule has 0 aliphatic heterocycles. The predicted molar refractivity (Wildman–Crippen MR) is 89.2 cm³/mol. The van der Waals surface area contributed by atoms with E-state index in [-0.39, 0.29) is 11.6 Å². The van der Waals surface area contributed by atoms with Crippen LogP contribution in [0.2, 0.25) is 0 Å². The Morgan fingerprint density at radius 3 is 2.86 bits per heavy atom. The molecular formula is C17H25N3O2. The van der Waals surface area contributed by atoms with E-state index in [0.717, 1.165) is 30.7 Å². The van der Waals surface area contributed by atoms with Crippen LogP contribution in [-0.4, -0.2) is 29.8 Å². The van der Waals surface area contributed by atoms with Crippen LogP contribution in [0.4, 0.5) is 0 Å². The second-order valence-electron chi connectivity index (χ2n) is 5.47. The molecule has 0 saturated carbocycles. The Morgan fingerprint density at radius 1 is 1.36 bits per heavy atom. The summed E-state index contributed by atoms with van der Waals surface area (Å²) in [5.41, 5.74) is 0.752. The van der Waals surface area contributed by atoms with Crippen LogP contribution >= 0.6 is 0 Å². The number of methoxy groups -OCH3 is 1. The number of ether oxygens (including phenoxy) is 1. The molecule has 0 unspecified atom stereocenters. The monoisotopic (exact) mass is 303 g/mol. The molecule has 120 valence electrons. The van der Waals surface area contributed by atoms with Gasteiger partial charge in [0.2, 0.25) is 0 Å². The summed E-state index contributed by atoms with van der Waals surface area (Å²) in [5, 5.41) is 4.10. The predicted octanol–water partition coefficient (Wildman–Crippen LogP) is 2.49. The van der Waals surface area contributed by atoms with Crippen LogP contribution in [0.1, 0.15) is 38.6 Å². The van der Waals surface area contributed by atoms with Crippen LogP contribution in [0.5, 0.6) is 0 Å². The van der Waals surface area contributed by atoms with Crippen LogP contribution in [0.15, 0.2) is 29.1 Å². The Hall–Kier alpha value is -1.72. The highest BCUT2D eigenvalue weighted by Crippen LogP contribution is 2.13. The first-order valence-electron chi connectivity index (χ1n) is 7.90. The van der Waals surface area contributed by atoms with Gasteiger partial charge in [0.25, 0.3) is 5.56 Å². The van der Waals surface area contributed by atoms with Crippen LogP contribution in [0.3, 0.4) is 0 Å². The molecule has 0 fully saturated rings. The lowest BCUT2D eigenvalue weighted by molar-refractivity contribution is 0.184. The number of nitrogens with zero attached hydrogens (tertiary/aromatic N) is 2. The summed E-state index contributed by atoms with van der Waals surface area (Å²) < 4.78 is 6.87. The van der Waals surface area contributed by atoms with Crippen LogP contribution in [0.25, 0.3) is 10.9 Å². The molecule has 1 heterocycles. The van der Waals surface area contributed by atoms with Crippen LogP contribution < -0.4 is 10.9 Å². The van der Waals surface area contributed by atoms with Gasteiger partial charge in [-0.1, -0.05) is 25.5 Å². The van der Waals surface area contributed by atoms with E-state index in [0.29, 0.717) is 18.5 Å². The fraction of sp³-hybridized carbons (Fsp3) is 0.529. The molecule has 0 radical (unpaired) electrons. The SMILES string of the molecule is CCCCN[C@@H](C)c1nc2ccccc2c(=O)n1CCOC. The minimum atomic E-state index is 0.00166. The summed E-state index contributed by atoms with van der Waals surface area (Å²) in [6, 6.07) is 7.52. The number of fused-ring (bicyclic) bond motifs is 1. The van der Waals surface area contributed by atoms with Crippen molar-refractivity contribution in [3.05, 3.63) is 40.4 Å². The van der Waals surface area contributed by atoms with E-state index in [1.54, 1.807) is 11.7 Å². The van der Waals surface area contributed by atoms with Crippen molar-refractivity contribution in [2.24, 2.45) is 0 Å². The molecule has 1 aromatic carbocycles. The van der Waals surface area contributed by atoms with Gasteiger partial charge in [0, 0.05) is 7.11 Å². The van der Waals surface area contributed by atoms with Gasteiger partial charge in [-0.2, -0.15) is 0 Å². The second-order valence-corrected chi connectivity index (χ2v) is 5.47. The normalized spacial score (nSPS) is 12.7. The minimum Gasteiger partial charge on any atom is -0.383 e. The Bertz CT molecular complexity index is 666. The first kappa shape index (κ1) is 16.6. The first-order chi connectivity index (χ1) is 10.7. The van der Waals surface area contributed by atoms with Crippen molar-refractivity contribution in [1.82, 2.24) is 14.9 Å². The van der Waals surface area contributed by atoms with Gasteiger partial charge in [-0.15, -0.1) is 0 Å². The molecular weight excluding hydrogens is 278 g/mol. The average molecular weight is 303 g/mol. The third-order valence-electron chi connectivity index (χ3n) is 3.78. The van der Waals surface area contributed by atoms with E-state index < -0.39 is 0 Å². The lowest BCUT2D eigenvalue weighted by Gasteiger charge is -2.19. The number of unbranched alkanes of at least 4 members (excludes halogenated alkanes) is 1. The average Bonchev–Trinajstić information content (AvgIpc) is 2.54. The van der Waals surface area contributed by atoms with E-state index in [9.17, 15) is 4.79 Å². The third-order valence-corrected chi connectivity index (χ3v) is 3.78. The van der Waals surface area contributed by atoms with E-state index >= 15 is 0 Å². The molecule has 0 spiro atoms. The van der Waals surface area contributed by atoms with Crippen molar-refractivity contribution in [2.45, 2.75) is 39.3 Å². The highest BCUT2D eigenvalue weighted by atomic mass is 16.5. The maximum Gasteiger partial charge on any atom is 0.261 e. The number of para-hydroxylation sites is 1. The Kier molecular flexibility index (Phi) is 6.10. The second kappa shape index (κ2) is 8.06. The van der Waals surface area contributed by atoms with Gasteiger partial charge in [0.15, 0.2) is 0 Å². The van der Waals surface area contributed by atoms with Gasteiger partial charge in [0.05, 0.1) is 30.1 Å². The van der Waals surface area contributed by atoms with Crippen molar-refractivity contribution >= 4 is 10.9 Å². The fourth-order valence-corrected chi connectivity index (χ4v) is 2.50. The molecule has 22 heavy (non-hydrogen) atoms. The summed E-state index contributed by atoms with van der Waals surface area (Å²) in [5.74, 6) is 0.775. The summed E-state index contributed by atoms with van der Waals surface area (Å²) >= 11 is 0. The molecule has 0 amide bonds. The van der Waals surface area contributed by atoms with E-state index in [1.807, 2.05) is 24.3 Å². The summed E-state index contributed by atoms with van der Waals surface area (Å²) in [7, 11) is 1.64. The number of aromatic nitrogens is 2. The van der Waals surface area contributed by atoms with Gasteiger partial charge in [-0.25, -0.2) is 4.98 Å². The first-order valence-corrected chi connectivity index (χ1v) is 7.90. The molecule has 0 saturated heterocycles. The molecule has 2 rings (SSSR count). The number of hydrogen-bond acceptors (Lipinski definition) is 4. The molecule has 5 heteroatoms. The number of rotatable bonds is 8. The van der Waals surface area contributed by atoms with E-state index in [4.69, 9.17) is 9.72 Å². The van der Waals surface area contributed by atoms with Gasteiger partial charge < -0.3 is 10.1 Å². The van der Waals surface area contributed by atoms with Crippen molar-refractivity contribution < 1.29 is 4.74 Å². The molecule has 2 aromatic rings. The molecule has 1 atom stereocenters. The highest BCUT2D eigenvalue weighted by Gasteiger charge is 2.15. The van der Waals surface area contributed by atoms with Crippen LogP contribution in [-0.2, 0) is 11.3 Å². The van der Waals surface area contributed by atoms with Gasteiger partial charge in [-0.3, -0.25) is 9.36 Å². The Morgan fingerprint density at radius 2 is 2.14 bits per heavy atom. The zero-order valence-corrected chi connectivity index (χ0v) is 13.6. The summed E-state index contributed by atoms with van der Waals surface area (Å²) in [6.45, 7) is 6.15. The molecule has 1 aromatic heterocycles. The van der Waals surface area contributed by atoms with Crippen molar-refractivity contribution in [1.29, 1.82) is 0 Å². The standard InChI is InChI=1S/C17H25N3O2/c1-4-5-10-18-13(2)16-19-15-9-7-6-8-14(15)17(21)20(16)11-12-22-3/h6-9,13,18H,4-5,10-12H2,1-3H3/t13-/m0/s1. The van der Waals surface area contributed by atoms with Gasteiger partial charge in [0.1, 0.15) is 5.82 Å². The Labute approximate surface area is 131 Å². The van der Waals surface area contributed by atoms with Gasteiger partial charge >= 0.3 is 0 Å². The lowest BCUT2D eigenvalue weighted by Crippen LogP contribution is -2.32.